The molecule has 1 aromatic rings. The van der Waals surface area contributed by atoms with Gasteiger partial charge in [-0.05, 0) is 30.0 Å². The van der Waals surface area contributed by atoms with Crippen molar-refractivity contribution in [2.45, 2.75) is 51.0 Å². The monoisotopic (exact) mass is 286 g/mol. The third-order valence-corrected chi connectivity index (χ3v) is 4.60. The van der Waals surface area contributed by atoms with Crippen molar-refractivity contribution in [2.75, 3.05) is 0 Å². The lowest BCUT2D eigenvalue weighted by Gasteiger charge is -2.19. The SMILES string of the molecule is OC(CC1CCCCCC1)c1ccc(Cl)c(Cl)c1. The van der Waals surface area contributed by atoms with Crippen LogP contribution in [-0.2, 0) is 0 Å². The predicted octanol–water partition coefficient (Wildman–Crippen LogP) is 5.39. The van der Waals surface area contributed by atoms with E-state index in [0.29, 0.717) is 16.0 Å². The highest BCUT2D eigenvalue weighted by atomic mass is 35.5. The lowest BCUT2D eigenvalue weighted by atomic mass is 9.91. The molecular formula is C15H20Cl2O. The zero-order valence-corrected chi connectivity index (χ0v) is 12.1. The molecule has 0 saturated heterocycles. The van der Waals surface area contributed by atoms with Crippen molar-refractivity contribution >= 4 is 23.2 Å². The fourth-order valence-corrected chi connectivity index (χ4v) is 3.08. The van der Waals surface area contributed by atoms with E-state index in [2.05, 4.69) is 0 Å². The first-order valence-electron chi connectivity index (χ1n) is 6.80. The van der Waals surface area contributed by atoms with Crippen LogP contribution < -0.4 is 0 Å². The van der Waals surface area contributed by atoms with Crippen LogP contribution >= 0.6 is 23.2 Å². The molecule has 1 saturated carbocycles. The molecule has 1 aromatic carbocycles. The molecule has 0 heterocycles. The van der Waals surface area contributed by atoms with E-state index in [-0.39, 0.29) is 0 Å². The van der Waals surface area contributed by atoms with Crippen LogP contribution in [0.1, 0.15) is 56.6 Å². The van der Waals surface area contributed by atoms with Gasteiger partial charge in [-0.15, -0.1) is 0 Å². The molecule has 1 aliphatic carbocycles. The van der Waals surface area contributed by atoms with E-state index in [1.807, 2.05) is 6.07 Å². The van der Waals surface area contributed by atoms with Crippen LogP contribution in [0.15, 0.2) is 18.2 Å². The van der Waals surface area contributed by atoms with Crippen molar-refractivity contribution in [3.05, 3.63) is 33.8 Å². The van der Waals surface area contributed by atoms with Gasteiger partial charge < -0.3 is 5.11 Å². The zero-order chi connectivity index (χ0) is 13.0. The Labute approximate surface area is 119 Å². The van der Waals surface area contributed by atoms with Gasteiger partial charge in [-0.3, -0.25) is 0 Å². The normalized spacial score (nSPS) is 19.5. The van der Waals surface area contributed by atoms with Crippen LogP contribution in [0.4, 0.5) is 0 Å². The summed E-state index contributed by atoms with van der Waals surface area (Å²) in [6, 6.07) is 5.41. The molecule has 0 aromatic heterocycles. The maximum Gasteiger partial charge on any atom is 0.0793 e. The van der Waals surface area contributed by atoms with Crippen molar-refractivity contribution in [1.29, 1.82) is 0 Å². The van der Waals surface area contributed by atoms with Crippen molar-refractivity contribution in [3.63, 3.8) is 0 Å². The molecule has 0 aliphatic heterocycles. The number of rotatable bonds is 3. The third-order valence-electron chi connectivity index (χ3n) is 3.86. The lowest BCUT2D eigenvalue weighted by molar-refractivity contribution is 0.139. The van der Waals surface area contributed by atoms with Gasteiger partial charge in [-0.2, -0.15) is 0 Å². The highest BCUT2D eigenvalue weighted by Crippen LogP contribution is 2.33. The average molecular weight is 287 g/mol. The number of hydrogen-bond acceptors (Lipinski definition) is 1. The molecule has 0 spiro atoms. The lowest BCUT2D eigenvalue weighted by Crippen LogP contribution is -2.07. The Hall–Kier alpha value is -0.240. The van der Waals surface area contributed by atoms with Gasteiger partial charge in [0, 0.05) is 0 Å². The van der Waals surface area contributed by atoms with Crippen LogP contribution in [0.2, 0.25) is 10.0 Å². The van der Waals surface area contributed by atoms with E-state index in [1.165, 1.54) is 38.5 Å². The van der Waals surface area contributed by atoms with E-state index in [9.17, 15) is 5.11 Å². The van der Waals surface area contributed by atoms with E-state index in [0.717, 1.165) is 12.0 Å². The molecule has 0 radical (unpaired) electrons. The van der Waals surface area contributed by atoms with Crippen LogP contribution in [0.5, 0.6) is 0 Å². The van der Waals surface area contributed by atoms with E-state index in [1.54, 1.807) is 12.1 Å². The molecule has 0 amide bonds. The highest BCUT2D eigenvalue weighted by molar-refractivity contribution is 6.42. The van der Waals surface area contributed by atoms with Gasteiger partial charge >= 0.3 is 0 Å². The molecule has 1 atom stereocenters. The largest absolute Gasteiger partial charge is 0.388 e. The van der Waals surface area contributed by atoms with Gasteiger partial charge in [0.1, 0.15) is 0 Å². The number of aliphatic hydroxyl groups is 1. The molecule has 18 heavy (non-hydrogen) atoms. The molecule has 1 nitrogen and oxygen atoms in total. The van der Waals surface area contributed by atoms with Gasteiger partial charge in [0.05, 0.1) is 16.1 Å². The molecule has 3 heteroatoms. The summed E-state index contributed by atoms with van der Waals surface area (Å²) in [7, 11) is 0. The van der Waals surface area contributed by atoms with Crippen molar-refractivity contribution < 1.29 is 5.11 Å². The summed E-state index contributed by atoms with van der Waals surface area (Å²) in [5.74, 6) is 0.650. The Morgan fingerprint density at radius 2 is 1.72 bits per heavy atom. The minimum Gasteiger partial charge on any atom is -0.388 e. The summed E-state index contributed by atoms with van der Waals surface area (Å²) >= 11 is 11.9. The van der Waals surface area contributed by atoms with Gasteiger partial charge in [0.15, 0.2) is 0 Å². The fourth-order valence-electron chi connectivity index (χ4n) is 2.77. The van der Waals surface area contributed by atoms with Crippen LogP contribution in [0.25, 0.3) is 0 Å². The number of hydrogen-bond donors (Lipinski definition) is 1. The Bertz CT molecular complexity index is 384. The smallest absolute Gasteiger partial charge is 0.0793 e. The Morgan fingerprint density at radius 1 is 1.06 bits per heavy atom. The second kappa shape index (κ2) is 6.79. The van der Waals surface area contributed by atoms with E-state index < -0.39 is 6.10 Å². The molecule has 100 valence electrons. The minimum absolute atomic E-state index is 0.414. The molecule has 0 bridgehead atoms. The predicted molar refractivity (Wildman–Crippen MR) is 77.2 cm³/mol. The van der Waals surface area contributed by atoms with Gasteiger partial charge in [0.2, 0.25) is 0 Å². The highest BCUT2D eigenvalue weighted by Gasteiger charge is 2.18. The third kappa shape index (κ3) is 3.88. The maximum atomic E-state index is 10.3. The molecule has 1 aliphatic rings. The summed E-state index contributed by atoms with van der Waals surface area (Å²) < 4.78 is 0. The Balaban J connectivity index is 1.97. The second-order valence-corrected chi connectivity index (χ2v) is 6.10. The molecular weight excluding hydrogens is 267 g/mol. The van der Waals surface area contributed by atoms with Crippen LogP contribution in [0, 0.1) is 5.92 Å². The summed E-state index contributed by atoms with van der Waals surface area (Å²) in [6.45, 7) is 0. The number of aliphatic hydroxyl groups excluding tert-OH is 1. The summed E-state index contributed by atoms with van der Waals surface area (Å²) in [6.07, 6.45) is 8.23. The van der Waals surface area contributed by atoms with Crippen LogP contribution in [0.3, 0.4) is 0 Å². The average Bonchev–Trinajstić information content (AvgIpc) is 2.61. The summed E-state index contributed by atoms with van der Waals surface area (Å²) in [5, 5.41) is 11.3. The second-order valence-electron chi connectivity index (χ2n) is 5.28. The van der Waals surface area contributed by atoms with Crippen molar-refractivity contribution in [3.8, 4) is 0 Å². The zero-order valence-electron chi connectivity index (χ0n) is 10.5. The Kier molecular flexibility index (Phi) is 5.35. The Morgan fingerprint density at radius 3 is 2.33 bits per heavy atom. The van der Waals surface area contributed by atoms with Gasteiger partial charge in [-0.25, -0.2) is 0 Å². The van der Waals surface area contributed by atoms with Crippen LogP contribution in [-0.4, -0.2) is 5.11 Å². The molecule has 2 rings (SSSR count). The first-order chi connectivity index (χ1) is 8.66. The topological polar surface area (TPSA) is 20.2 Å². The first kappa shape index (κ1) is 14.2. The van der Waals surface area contributed by atoms with E-state index in [4.69, 9.17) is 23.2 Å². The minimum atomic E-state index is -0.414. The standard InChI is InChI=1S/C15H20Cl2O/c16-13-8-7-12(10-14(13)17)15(18)9-11-5-3-1-2-4-6-11/h7-8,10-11,15,18H,1-6,9H2. The molecule has 1 N–H and O–H groups in total. The van der Waals surface area contributed by atoms with Gasteiger partial charge in [0.25, 0.3) is 0 Å². The van der Waals surface area contributed by atoms with E-state index >= 15 is 0 Å². The summed E-state index contributed by atoms with van der Waals surface area (Å²) in [5.41, 5.74) is 0.883. The number of halogens is 2. The maximum absolute atomic E-state index is 10.3. The fraction of sp³-hybridized carbons (Fsp3) is 0.600. The number of benzene rings is 1. The summed E-state index contributed by atoms with van der Waals surface area (Å²) in [4.78, 5) is 0. The quantitative estimate of drug-likeness (QED) is 0.739. The molecule has 1 unspecified atom stereocenters. The van der Waals surface area contributed by atoms with Gasteiger partial charge in [-0.1, -0.05) is 67.8 Å². The molecule has 1 fully saturated rings. The first-order valence-corrected chi connectivity index (χ1v) is 7.55. The van der Waals surface area contributed by atoms with Crippen molar-refractivity contribution in [2.24, 2.45) is 5.92 Å². The van der Waals surface area contributed by atoms with Crippen molar-refractivity contribution in [1.82, 2.24) is 0 Å².